The molecule has 0 fully saturated rings. The summed E-state index contributed by atoms with van der Waals surface area (Å²) < 4.78 is 0. The highest BCUT2D eigenvalue weighted by Crippen LogP contribution is 2.07. The molecule has 0 radical (unpaired) electrons. The fourth-order valence-corrected chi connectivity index (χ4v) is 1.49. The highest BCUT2D eigenvalue weighted by molar-refractivity contribution is 5.38. The summed E-state index contributed by atoms with van der Waals surface area (Å²) in [4.78, 5) is 0. The molecule has 0 bridgehead atoms. The first-order valence-corrected chi connectivity index (χ1v) is 4.58. The Morgan fingerprint density at radius 1 is 1.00 bits per heavy atom. The molecule has 1 rings (SSSR count). The van der Waals surface area contributed by atoms with E-state index in [1.807, 2.05) is 13.8 Å². The molecule has 0 atom stereocenters. The fourth-order valence-electron chi connectivity index (χ4n) is 1.49. The summed E-state index contributed by atoms with van der Waals surface area (Å²) in [5.74, 6) is -1.78. The summed E-state index contributed by atoms with van der Waals surface area (Å²) in [5, 5.41) is 36.3. The van der Waals surface area contributed by atoms with Crippen molar-refractivity contribution in [3.05, 3.63) is 34.2 Å². The summed E-state index contributed by atoms with van der Waals surface area (Å²) in [6.45, 7) is 3.75. The quantitative estimate of drug-likeness (QED) is 0.561. The lowest BCUT2D eigenvalue weighted by atomic mass is 10.00. The van der Waals surface area contributed by atoms with E-state index >= 15 is 0 Å². The zero-order chi connectivity index (χ0) is 11.6. The Labute approximate surface area is 87.1 Å². The van der Waals surface area contributed by atoms with Gasteiger partial charge in [0.05, 0.1) is 10.4 Å². The molecule has 0 aliphatic rings. The zero-order valence-corrected chi connectivity index (χ0v) is 8.60. The first kappa shape index (κ1) is 11.2. The van der Waals surface area contributed by atoms with Gasteiger partial charge in [0.1, 0.15) is 0 Å². The smallest absolute Gasteiger partial charge is 0.282 e. The molecule has 0 amide bonds. The van der Waals surface area contributed by atoms with Crippen LogP contribution in [0.15, 0.2) is 18.2 Å². The van der Waals surface area contributed by atoms with Crippen molar-refractivity contribution >= 4 is 11.9 Å². The second-order valence-electron chi connectivity index (χ2n) is 3.57. The highest BCUT2D eigenvalue weighted by atomic mass is 16.5. The maximum absolute atomic E-state index is 9.12. The van der Waals surface area contributed by atoms with Gasteiger partial charge in [0.15, 0.2) is 0 Å². The van der Waals surface area contributed by atoms with E-state index in [9.17, 15) is 0 Å². The molecular weight excluding hydrogens is 196 g/mol. The summed E-state index contributed by atoms with van der Waals surface area (Å²) in [5.41, 5.74) is 0.646. The van der Waals surface area contributed by atoms with Crippen LogP contribution in [0.3, 0.4) is 0 Å². The van der Waals surface area contributed by atoms with E-state index in [1.165, 1.54) is 6.07 Å². The first-order chi connectivity index (χ1) is 6.95. The Hall–Kier alpha value is -1.84. The van der Waals surface area contributed by atoms with E-state index < -0.39 is 11.9 Å². The normalized spacial score (nSPS) is 10.3. The zero-order valence-electron chi connectivity index (χ0n) is 8.60. The standard InChI is InChI=1S/C11H14O4/c1-6(2)7-4-3-5-8(10(12)13)9(7)11(14)15/h3-6,12-15H,1-2H3. The molecule has 82 valence electrons. The van der Waals surface area contributed by atoms with Gasteiger partial charge in [0, 0.05) is 0 Å². The molecular formula is C11H14O4. The number of aliphatic hydroxyl groups excluding tert-OH is 2. The molecule has 0 spiro atoms. The van der Waals surface area contributed by atoms with Crippen LogP contribution < -0.4 is 10.4 Å². The lowest BCUT2D eigenvalue weighted by molar-refractivity contribution is 0.288. The molecule has 0 aromatic heterocycles. The Kier molecular flexibility index (Phi) is 3.09. The lowest BCUT2D eigenvalue weighted by Crippen LogP contribution is -2.33. The minimum atomic E-state index is -0.923. The number of hydrogen-bond donors (Lipinski definition) is 4. The number of benzene rings is 1. The third kappa shape index (κ3) is 2.15. The van der Waals surface area contributed by atoms with Crippen molar-refractivity contribution in [3.8, 4) is 0 Å². The van der Waals surface area contributed by atoms with Crippen LogP contribution in [0.4, 0.5) is 0 Å². The third-order valence-corrected chi connectivity index (χ3v) is 2.18. The molecule has 1 aromatic carbocycles. The average Bonchev–Trinajstić information content (AvgIpc) is 2.16. The van der Waals surface area contributed by atoms with Gasteiger partial charge in [-0.1, -0.05) is 26.0 Å². The second kappa shape index (κ2) is 4.13. The van der Waals surface area contributed by atoms with Gasteiger partial charge in [-0.25, -0.2) is 0 Å². The lowest BCUT2D eigenvalue weighted by Gasteiger charge is -2.06. The maximum atomic E-state index is 9.12. The molecule has 0 saturated heterocycles. The molecule has 0 unspecified atom stereocenters. The van der Waals surface area contributed by atoms with Crippen LogP contribution in [0.2, 0.25) is 0 Å². The maximum Gasteiger partial charge on any atom is 0.282 e. The van der Waals surface area contributed by atoms with Gasteiger partial charge in [-0.05, 0) is 17.5 Å². The number of rotatable bonds is 1. The molecule has 0 aliphatic heterocycles. The molecule has 0 heterocycles. The van der Waals surface area contributed by atoms with Crippen molar-refractivity contribution in [2.24, 2.45) is 0 Å². The van der Waals surface area contributed by atoms with Gasteiger partial charge in [-0.3, -0.25) is 0 Å². The molecule has 1 aromatic rings. The van der Waals surface area contributed by atoms with E-state index in [0.29, 0.717) is 5.56 Å². The van der Waals surface area contributed by atoms with Gasteiger partial charge in [-0.15, -0.1) is 0 Å². The topological polar surface area (TPSA) is 80.9 Å². The van der Waals surface area contributed by atoms with E-state index in [2.05, 4.69) is 0 Å². The number of aliphatic hydroxyl groups is 4. The van der Waals surface area contributed by atoms with Crippen molar-refractivity contribution in [1.82, 2.24) is 0 Å². The first-order valence-electron chi connectivity index (χ1n) is 4.58. The molecule has 0 aliphatic carbocycles. The number of hydrogen-bond acceptors (Lipinski definition) is 4. The van der Waals surface area contributed by atoms with Crippen molar-refractivity contribution in [1.29, 1.82) is 0 Å². The monoisotopic (exact) mass is 210 g/mol. The third-order valence-electron chi connectivity index (χ3n) is 2.18. The van der Waals surface area contributed by atoms with Gasteiger partial charge < -0.3 is 20.4 Å². The van der Waals surface area contributed by atoms with Gasteiger partial charge >= 0.3 is 0 Å². The Balaban J connectivity index is 3.84. The van der Waals surface area contributed by atoms with Crippen LogP contribution in [0.1, 0.15) is 25.3 Å². The van der Waals surface area contributed by atoms with Gasteiger partial charge in [0.25, 0.3) is 11.9 Å². The van der Waals surface area contributed by atoms with Gasteiger partial charge in [-0.2, -0.15) is 0 Å². The SMILES string of the molecule is CC(C)c1cccc(=C(O)O)c1=C(O)O. The van der Waals surface area contributed by atoms with Crippen LogP contribution in [0, 0.1) is 0 Å². The van der Waals surface area contributed by atoms with E-state index in [1.54, 1.807) is 12.1 Å². The van der Waals surface area contributed by atoms with Crippen molar-refractivity contribution in [2.75, 3.05) is 0 Å². The Bertz CT molecular complexity index is 466. The average molecular weight is 210 g/mol. The second-order valence-corrected chi connectivity index (χ2v) is 3.57. The summed E-state index contributed by atoms with van der Waals surface area (Å²) >= 11 is 0. The Morgan fingerprint density at radius 2 is 1.60 bits per heavy atom. The fraction of sp³-hybridized carbons (Fsp3) is 0.273. The molecule has 15 heavy (non-hydrogen) atoms. The molecule has 4 N–H and O–H groups in total. The van der Waals surface area contributed by atoms with Crippen LogP contribution in [-0.4, -0.2) is 20.4 Å². The molecule has 4 nitrogen and oxygen atoms in total. The van der Waals surface area contributed by atoms with Crippen molar-refractivity contribution in [2.45, 2.75) is 19.8 Å². The summed E-state index contributed by atoms with van der Waals surface area (Å²) in [6.07, 6.45) is 0. The van der Waals surface area contributed by atoms with Crippen LogP contribution >= 0.6 is 0 Å². The minimum Gasteiger partial charge on any atom is -0.481 e. The van der Waals surface area contributed by atoms with Crippen LogP contribution in [0.25, 0.3) is 11.9 Å². The highest BCUT2D eigenvalue weighted by Gasteiger charge is 2.07. The predicted molar refractivity (Wildman–Crippen MR) is 57.1 cm³/mol. The summed E-state index contributed by atoms with van der Waals surface area (Å²) in [7, 11) is 0. The predicted octanol–water partition coefficient (Wildman–Crippen LogP) is 1.17. The van der Waals surface area contributed by atoms with Crippen molar-refractivity contribution < 1.29 is 20.4 Å². The van der Waals surface area contributed by atoms with Crippen LogP contribution in [0.5, 0.6) is 0 Å². The largest absolute Gasteiger partial charge is 0.481 e. The molecule has 4 heteroatoms. The molecule has 0 saturated carbocycles. The summed E-state index contributed by atoms with van der Waals surface area (Å²) in [6, 6.07) is 4.74. The van der Waals surface area contributed by atoms with E-state index in [-0.39, 0.29) is 16.4 Å². The van der Waals surface area contributed by atoms with Crippen molar-refractivity contribution in [3.63, 3.8) is 0 Å². The van der Waals surface area contributed by atoms with E-state index in [0.717, 1.165) is 0 Å². The van der Waals surface area contributed by atoms with E-state index in [4.69, 9.17) is 20.4 Å². The Morgan fingerprint density at radius 3 is 2.00 bits per heavy atom. The van der Waals surface area contributed by atoms with Crippen LogP contribution in [-0.2, 0) is 0 Å². The minimum absolute atomic E-state index is 0.0150. The van der Waals surface area contributed by atoms with Gasteiger partial charge in [0.2, 0.25) is 0 Å².